The van der Waals surface area contributed by atoms with Crippen LogP contribution in [0.15, 0.2) is 22.8 Å². The largest absolute Gasteiger partial charge is 0.389 e. The van der Waals surface area contributed by atoms with Crippen molar-refractivity contribution in [3.05, 3.63) is 22.8 Å². The fraction of sp³-hybridized carbons (Fsp3) is 0.810. The van der Waals surface area contributed by atoms with Gasteiger partial charge in [-0.1, -0.05) is 31.1 Å². The monoisotopic (exact) mass is 330 g/mol. The third-order valence-electron chi connectivity index (χ3n) is 8.18. The minimum absolute atomic E-state index is 0.209. The lowest BCUT2D eigenvalue weighted by atomic mass is 9.53. The summed E-state index contributed by atoms with van der Waals surface area (Å²) in [4.78, 5) is 0. The Balaban J connectivity index is 1.82. The maximum absolute atomic E-state index is 10.2. The minimum Gasteiger partial charge on any atom is -0.389 e. The Kier molecular flexibility index (Phi) is 3.98. The van der Waals surface area contributed by atoms with Crippen LogP contribution in [0.1, 0.15) is 58.8 Å². The van der Waals surface area contributed by atoms with Gasteiger partial charge >= 0.3 is 0 Å². The van der Waals surface area contributed by atoms with Crippen molar-refractivity contribution < 1.29 is 5.11 Å². The summed E-state index contributed by atoms with van der Waals surface area (Å²) < 4.78 is 0. The molecule has 0 aromatic heterocycles. The first-order valence-corrected chi connectivity index (χ1v) is 9.91. The summed E-state index contributed by atoms with van der Waals surface area (Å²) >= 11 is 0. The average molecular weight is 331 g/mol. The van der Waals surface area contributed by atoms with Gasteiger partial charge in [0.05, 0.1) is 6.10 Å². The molecule has 0 spiro atoms. The van der Waals surface area contributed by atoms with Crippen molar-refractivity contribution in [1.82, 2.24) is 10.6 Å². The van der Waals surface area contributed by atoms with Gasteiger partial charge in [-0.05, 0) is 75.9 Å². The predicted molar refractivity (Wildman–Crippen MR) is 98.8 cm³/mol. The molecule has 4 aliphatic rings. The highest BCUT2D eigenvalue weighted by atomic mass is 16.3. The molecule has 0 radical (unpaired) electrons. The first-order chi connectivity index (χ1) is 11.4. The van der Waals surface area contributed by atoms with Crippen LogP contribution < -0.4 is 10.6 Å². The fourth-order valence-corrected chi connectivity index (χ4v) is 6.69. The number of hydrogen-bond acceptors (Lipinski definition) is 3. The lowest BCUT2D eigenvalue weighted by Crippen LogP contribution is -2.50. The van der Waals surface area contributed by atoms with Crippen molar-refractivity contribution in [1.29, 1.82) is 0 Å². The van der Waals surface area contributed by atoms with Gasteiger partial charge in [-0.15, -0.1) is 0 Å². The topological polar surface area (TPSA) is 44.3 Å². The molecular formula is C21H34N2O. The fourth-order valence-electron chi connectivity index (χ4n) is 6.69. The van der Waals surface area contributed by atoms with Gasteiger partial charge in [0.15, 0.2) is 0 Å². The van der Waals surface area contributed by atoms with Crippen LogP contribution in [-0.2, 0) is 0 Å². The highest BCUT2D eigenvalue weighted by molar-refractivity contribution is 5.46. The second-order valence-corrected chi connectivity index (χ2v) is 9.09. The molecule has 0 amide bonds. The highest BCUT2D eigenvalue weighted by Gasteiger charge is 2.55. The molecule has 4 rings (SSSR count). The molecule has 0 aliphatic heterocycles. The van der Waals surface area contributed by atoms with Gasteiger partial charge < -0.3 is 15.7 Å². The number of fused-ring (bicyclic) bond motifs is 4. The van der Waals surface area contributed by atoms with Crippen LogP contribution in [-0.4, -0.2) is 37.4 Å². The summed E-state index contributed by atoms with van der Waals surface area (Å²) in [5.74, 6) is 0.723. The van der Waals surface area contributed by atoms with E-state index in [4.69, 9.17) is 0 Å². The normalized spacial score (nSPS) is 47.8. The van der Waals surface area contributed by atoms with Crippen LogP contribution in [0.4, 0.5) is 0 Å². The van der Waals surface area contributed by atoms with Crippen molar-refractivity contribution in [2.24, 2.45) is 16.7 Å². The van der Waals surface area contributed by atoms with E-state index in [9.17, 15) is 5.11 Å². The molecular weight excluding hydrogens is 296 g/mol. The van der Waals surface area contributed by atoms with Crippen LogP contribution in [0.25, 0.3) is 0 Å². The molecule has 0 aromatic rings. The smallest absolute Gasteiger partial charge is 0.0724 e. The Morgan fingerprint density at radius 2 is 1.88 bits per heavy atom. The Morgan fingerprint density at radius 3 is 2.58 bits per heavy atom. The number of aliphatic hydroxyl groups excluding tert-OH is 1. The summed E-state index contributed by atoms with van der Waals surface area (Å²) in [5, 5.41) is 17.4. The third kappa shape index (κ3) is 2.14. The Labute approximate surface area is 147 Å². The summed E-state index contributed by atoms with van der Waals surface area (Å²) in [6.45, 7) is 4.99. The molecule has 1 saturated carbocycles. The summed E-state index contributed by atoms with van der Waals surface area (Å²) in [5.41, 5.74) is 5.59. The van der Waals surface area contributed by atoms with E-state index in [-0.39, 0.29) is 11.5 Å². The van der Waals surface area contributed by atoms with Gasteiger partial charge in [0.25, 0.3) is 0 Å². The summed E-state index contributed by atoms with van der Waals surface area (Å²) in [6, 6.07) is 1.12. The van der Waals surface area contributed by atoms with E-state index in [1.807, 2.05) is 0 Å². The zero-order valence-corrected chi connectivity index (χ0v) is 15.8. The molecule has 0 unspecified atom stereocenters. The van der Waals surface area contributed by atoms with Gasteiger partial charge in [-0.3, -0.25) is 0 Å². The van der Waals surface area contributed by atoms with Gasteiger partial charge in [0, 0.05) is 17.5 Å². The van der Waals surface area contributed by atoms with Crippen LogP contribution in [0.5, 0.6) is 0 Å². The van der Waals surface area contributed by atoms with E-state index in [0.717, 1.165) is 25.2 Å². The quantitative estimate of drug-likeness (QED) is 0.682. The van der Waals surface area contributed by atoms with Gasteiger partial charge in [0.2, 0.25) is 0 Å². The molecule has 1 fully saturated rings. The lowest BCUT2D eigenvalue weighted by molar-refractivity contribution is 0.137. The number of nitrogens with one attached hydrogen (secondary N) is 2. The molecule has 0 aromatic carbocycles. The first kappa shape index (κ1) is 16.8. The van der Waals surface area contributed by atoms with Crippen molar-refractivity contribution in [3.8, 4) is 0 Å². The highest BCUT2D eigenvalue weighted by Crippen LogP contribution is 2.62. The molecule has 3 heteroatoms. The van der Waals surface area contributed by atoms with E-state index in [1.54, 1.807) is 11.1 Å². The lowest BCUT2D eigenvalue weighted by Gasteiger charge is -2.54. The van der Waals surface area contributed by atoms with Crippen LogP contribution in [0, 0.1) is 16.7 Å². The van der Waals surface area contributed by atoms with Crippen molar-refractivity contribution in [2.45, 2.75) is 77.0 Å². The molecule has 6 atom stereocenters. The molecule has 0 saturated heterocycles. The number of aliphatic hydroxyl groups is 1. The summed E-state index contributed by atoms with van der Waals surface area (Å²) in [7, 11) is 4.26. The second kappa shape index (κ2) is 5.69. The van der Waals surface area contributed by atoms with E-state index in [1.165, 1.54) is 31.3 Å². The van der Waals surface area contributed by atoms with Gasteiger partial charge in [-0.25, -0.2) is 0 Å². The molecule has 4 aliphatic carbocycles. The molecule has 134 valence electrons. The zero-order chi connectivity index (χ0) is 17.1. The molecule has 3 N–H and O–H groups in total. The van der Waals surface area contributed by atoms with Crippen LogP contribution in [0.2, 0.25) is 0 Å². The van der Waals surface area contributed by atoms with E-state index in [2.05, 4.69) is 44.7 Å². The molecule has 0 bridgehead atoms. The summed E-state index contributed by atoms with van der Waals surface area (Å²) in [6.07, 6.45) is 10.3. The number of likely N-dealkylation sites (N-methyl/N-ethyl adjacent to an activating group) is 1. The maximum atomic E-state index is 10.2. The third-order valence-corrected chi connectivity index (χ3v) is 8.18. The molecule has 24 heavy (non-hydrogen) atoms. The Bertz CT molecular complexity index is 595. The van der Waals surface area contributed by atoms with Crippen LogP contribution >= 0.6 is 0 Å². The van der Waals surface area contributed by atoms with Crippen molar-refractivity contribution >= 4 is 0 Å². The second-order valence-electron chi connectivity index (χ2n) is 9.09. The first-order valence-electron chi connectivity index (χ1n) is 9.91. The van der Waals surface area contributed by atoms with E-state index < -0.39 is 0 Å². The number of hydrogen-bond donors (Lipinski definition) is 3. The predicted octanol–water partition coefficient (Wildman–Crippen LogP) is 3.16. The van der Waals surface area contributed by atoms with Crippen molar-refractivity contribution in [3.63, 3.8) is 0 Å². The Hall–Kier alpha value is -0.640. The molecule has 3 nitrogen and oxygen atoms in total. The van der Waals surface area contributed by atoms with Gasteiger partial charge in [-0.2, -0.15) is 0 Å². The van der Waals surface area contributed by atoms with Gasteiger partial charge in [0.1, 0.15) is 0 Å². The van der Waals surface area contributed by atoms with E-state index in [0.29, 0.717) is 17.5 Å². The SMILES string of the molecule is CN[C@H]1CC2=C[C@@H](O)CC[C@]2(C)C2=C1[C@@H]1CC[C@H](NC)[C@@]1(C)CC2. The number of allylic oxidation sites excluding steroid dienone is 1. The standard InChI is InChI=1S/C21H34N2O/c1-20-9-7-14(24)11-13(20)12-17(22-3)19-15-5-6-18(23-4)21(15,2)10-8-16(19)20/h11,14-15,17-18,22-24H,5-10,12H2,1-4H3/t14-,15-,17-,18-,20-,21-/m0/s1. The van der Waals surface area contributed by atoms with Crippen molar-refractivity contribution in [2.75, 3.05) is 14.1 Å². The average Bonchev–Trinajstić information content (AvgIpc) is 2.91. The van der Waals surface area contributed by atoms with Crippen LogP contribution in [0.3, 0.4) is 0 Å². The molecule has 0 heterocycles. The minimum atomic E-state index is -0.235. The Morgan fingerprint density at radius 1 is 1.08 bits per heavy atom. The zero-order valence-electron chi connectivity index (χ0n) is 15.8. The van der Waals surface area contributed by atoms with E-state index >= 15 is 0 Å². The maximum Gasteiger partial charge on any atom is 0.0724 e. The number of rotatable bonds is 2.